The summed E-state index contributed by atoms with van der Waals surface area (Å²) in [6, 6.07) is 25.0. The van der Waals surface area contributed by atoms with Gasteiger partial charge in [0.1, 0.15) is 23.9 Å². The highest BCUT2D eigenvalue weighted by Gasteiger charge is 2.08. The molecule has 0 atom stereocenters. The molecule has 4 rings (SSSR count). The highest BCUT2D eigenvalue weighted by atomic mass is 35.5. The summed E-state index contributed by atoms with van der Waals surface area (Å²) in [5, 5.41) is 6.39. The summed E-state index contributed by atoms with van der Waals surface area (Å²) in [5.41, 5.74) is 3.41. The molecule has 33 heavy (non-hydrogen) atoms. The number of carbonyl (C=O) groups is 1. The third-order valence-corrected chi connectivity index (χ3v) is 5.15. The number of nitrogens with one attached hydrogen (secondary N) is 1. The second kappa shape index (κ2) is 10.6. The van der Waals surface area contributed by atoms with Gasteiger partial charge in [0, 0.05) is 5.56 Å². The molecule has 0 aliphatic carbocycles. The minimum Gasteiger partial charge on any atom is -0.489 e. The van der Waals surface area contributed by atoms with Gasteiger partial charge in [-0.1, -0.05) is 60.1 Å². The molecule has 0 fully saturated rings. The molecule has 0 aliphatic rings. The van der Waals surface area contributed by atoms with Crippen molar-refractivity contribution in [1.29, 1.82) is 0 Å². The molecular formula is C26H20ClFN2O3. The molecule has 0 saturated heterocycles. The van der Waals surface area contributed by atoms with Crippen LogP contribution in [0.15, 0.2) is 90.0 Å². The van der Waals surface area contributed by atoms with Crippen LogP contribution in [0.25, 0.3) is 10.8 Å². The van der Waals surface area contributed by atoms with Gasteiger partial charge in [-0.25, -0.2) is 9.82 Å². The molecule has 0 saturated carbocycles. The lowest BCUT2D eigenvalue weighted by Crippen LogP contribution is -2.24. The molecule has 7 heteroatoms. The van der Waals surface area contributed by atoms with Crippen molar-refractivity contribution in [2.24, 2.45) is 5.10 Å². The standard InChI is InChI=1S/C26H20ClFN2O3/c27-24-9-4-10-25(28)23(24)16-32-21-8-3-5-18(13-21)15-29-30-26(31)17-33-22-12-11-19-6-1-2-7-20(19)14-22/h1-15H,16-17H2,(H,30,31). The highest BCUT2D eigenvalue weighted by molar-refractivity contribution is 6.31. The molecule has 0 aliphatic heterocycles. The second-order valence-corrected chi connectivity index (χ2v) is 7.56. The van der Waals surface area contributed by atoms with Gasteiger partial charge in [0.15, 0.2) is 6.61 Å². The van der Waals surface area contributed by atoms with Crippen molar-refractivity contribution in [2.75, 3.05) is 6.61 Å². The van der Waals surface area contributed by atoms with Gasteiger partial charge in [0.05, 0.1) is 11.2 Å². The third-order valence-electron chi connectivity index (χ3n) is 4.80. The van der Waals surface area contributed by atoms with Crippen molar-refractivity contribution in [3.05, 3.63) is 107 Å². The van der Waals surface area contributed by atoms with E-state index < -0.39 is 5.82 Å². The van der Waals surface area contributed by atoms with Crippen LogP contribution in [0.2, 0.25) is 5.02 Å². The van der Waals surface area contributed by atoms with Crippen molar-refractivity contribution in [3.8, 4) is 11.5 Å². The minimum absolute atomic E-state index is 0.00501. The van der Waals surface area contributed by atoms with Crippen LogP contribution in [0.4, 0.5) is 4.39 Å². The van der Waals surface area contributed by atoms with E-state index in [1.54, 1.807) is 36.4 Å². The number of amides is 1. The SMILES string of the molecule is O=C(COc1ccc2ccccc2c1)NN=Cc1cccc(OCc2c(F)cccc2Cl)c1. The van der Waals surface area contributed by atoms with E-state index in [4.69, 9.17) is 21.1 Å². The summed E-state index contributed by atoms with van der Waals surface area (Å²) in [7, 11) is 0. The van der Waals surface area contributed by atoms with Crippen LogP contribution in [-0.4, -0.2) is 18.7 Å². The molecule has 0 aromatic heterocycles. The number of halogens is 2. The number of carbonyl (C=O) groups excluding carboxylic acids is 1. The van der Waals surface area contributed by atoms with Gasteiger partial charge < -0.3 is 9.47 Å². The normalized spacial score (nSPS) is 11.0. The first kappa shape index (κ1) is 22.3. The van der Waals surface area contributed by atoms with E-state index in [9.17, 15) is 9.18 Å². The van der Waals surface area contributed by atoms with E-state index in [-0.39, 0.29) is 24.7 Å². The van der Waals surface area contributed by atoms with Crippen LogP contribution in [0.1, 0.15) is 11.1 Å². The molecule has 0 radical (unpaired) electrons. The van der Waals surface area contributed by atoms with Crippen molar-refractivity contribution < 1.29 is 18.7 Å². The van der Waals surface area contributed by atoms with Gasteiger partial charge in [-0.05, 0) is 52.7 Å². The molecule has 0 unspecified atom stereocenters. The molecule has 166 valence electrons. The van der Waals surface area contributed by atoms with Crippen molar-refractivity contribution in [3.63, 3.8) is 0 Å². The van der Waals surface area contributed by atoms with Crippen LogP contribution in [-0.2, 0) is 11.4 Å². The number of hydrogen-bond acceptors (Lipinski definition) is 4. The van der Waals surface area contributed by atoms with Crippen molar-refractivity contribution in [2.45, 2.75) is 6.61 Å². The fraction of sp³-hybridized carbons (Fsp3) is 0.0769. The number of hydrogen-bond donors (Lipinski definition) is 1. The predicted octanol–water partition coefficient (Wildman–Crippen LogP) is 5.74. The van der Waals surface area contributed by atoms with Gasteiger partial charge >= 0.3 is 0 Å². The largest absolute Gasteiger partial charge is 0.489 e. The molecule has 1 amide bonds. The Hall–Kier alpha value is -3.90. The Morgan fingerprint density at radius 2 is 1.70 bits per heavy atom. The molecule has 0 heterocycles. The first-order chi connectivity index (χ1) is 16.1. The zero-order valence-corrected chi connectivity index (χ0v) is 18.3. The van der Waals surface area contributed by atoms with Crippen LogP contribution >= 0.6 is 11.6 Å². The molecule has 0 bridgehead atoms. The number of rotatable bonds is 8. The van der Waals surface area contributed by atoms with E-state index in [0.29, 0.717) is 22.1 Å². The number of fused-ring (bicyclic) bond motifs is 1. The number of benzene rings is 4. The maximum Gasteiger partial charge on any atom is 0.277 e. The zero-order valence-electron chi connectivity index (χ0n) is 17.5. The van der Waals surface area contributed by atoms with Crippen molar-refractivity contribution >= 4 is 34.5 Å². The quantitative estimate of drug-likeness (QED) is 0.268. The molecule has 4 aromatic rings. The number of ether oxygens (including phenoxy) is 2. The van der Waals surface area contributed by atoms with E-state index >= 15 is 0 Å². The Balaban J connectivity index is 1.28. The summed E-state index contributed by atoms with van der Waals surface area (Å²) in [6.07, 6.45) is 1.48. The first-order valence-corrected chi connectivity index (χ1v) is 10.6. The Morgan fingerprint density at radius 3 is 2.55 bits per heavy atom. The van der Waals surface area contributed by atoms with E-state index in [0.717, 1.165) is 10.8 Å². The third kappa shape index (κ3) is 6.08. The Morgan fingerprint density at radius 1 is 0.909 bits per heavy atom. The van der Waals surface area contributed by atoms with Crippen LogP contribution in [0, 0.1) is 5.82 Å². The van der Waals surface area contributed by atoms with Gasteiger partial charge in [-0.15, -0.1) is 0 Å². The maximum absolute atomic E-state index is 13.9. The lowest BCUT2D eigenvalue weighted by atomic mass is 10.1. The Kier molecular flexibility index (Phi) is 7.17. The van der Waals surface area contributed by atoms with Crippen LogP contribution in [0.3, 0.4) is 0 Å². The summed E-state index contributed by atoms with van der Waals surface area (Å²) in [4.78, 5) is 12.0. The topological polar surface area (TPSA) is 59.9 Å². The monoisotopic (exact) mass is 462 g/mol. The van der Waals surface area contributed by atoms with Gasteiger partial charge in [-0.3, -0.25) is 4.79 Å². The average molecular weight is 463 g/mol. The number of hydrazone groups is 1. The Bertz CT molecular complexity index is 1290. The first-order valence-electron chi connectivity index (χ1n) is 10.2. The van der Waals surface area contributed by atoms with Crippen LogP contribution in [0.5, 0.6) is 11.5 Å². The van der Waals surface area contributed by atoms with E-state index in [1.165, 1.54) is 12.3 Å². The molecule has 4 aromatic carbocycles. The van der Waals surface area contributed by atoms with Gasteiger partial charge in [0.2, 0.25) is 0 Å². The van der Waals surface area contributed by atoms with Gasteiger partial charge in [0.25, 0.3) is 5.91 Å². The zero-order chi connectivity index (χ0) is 23.0. The average Bonchev–Trinajstić information content (AvgIpc) is 2.82. The smallest absolute Gasteiger partial charge is 0.277 e. The predicted molar refractivity (Wildman–Crippen MR) is 127 cm³/mol. The summed E-state index contributed by atoms with van der Waals surface area (Å²) in [6.45, 7) is -0.169. The lowest BCUT2D eigenvalue weighted by molar-refractivity contribution is -0.123. The Labute approximate surface area is 195 Å². The number of nitrogens with zero attached hydrogens (tertiary/aromatic N) is 1. The summed E-state index contributed by atoms with van der Waals surface area (Å²) >= 11 is 6.02. The van der Waals surface area contributed by atoms with Crippen molar-refractivity contribution in [1.82, 2.24) is 5.43 Å². The van der Waals surface area contributed by atoms with E-state index in [1.807, 2.05) is 42.5 Å². The highest BCUT2D eigenvalue weighted by Crippen LogP contribution is 2.22. The molecule has 0 spiro atoms. The molecular weight excluding hydrogens is 443 g/mol. The molecule has 1 N–H and O–H groups in total. The second-order valence-electron chi connectivity index (χ2n) is 7.15. The fourth-order valence-corrected chi connectivity index (χ4v) is 3.35. The molecule has 5 nitrogen and oxygen atoms in total. The maximum atomic E-state index is 13.9. The fourth-order valence-electron chi connectivity index (χ4n) is 3.13. The van der Waals surface area contributed by atoms with Crippen LogP contribution < -0.4 is 14.9 Å². The minimum atomic E-state index is -0.422. The lowest BCUT2D eigenvalue weighted by Gasteiger charge is -2.09. The summed E-state index contributed by atoms with van der Waals surface area (Å²) in [5.74, 6) is 0.312. The van der Waals surface area contributed by atoms with E-state index in [2.05, 4.69) is 10.5 Å². The summed E-state index contributed by atoms with van der Waals surface area (Å²) < 4.78 is 25.1. The van der Waals surface area contributed by atoms with Gasteiger partial charge in [-0.2, -0.15) is 5.10 Å².